The highest BCUT2D eigenvalue weighted by atomic mass is 16.5. The molecule has 1 heterocycles. The third kappa shape index (κ3) is 2.49. The van der Waals surface area contributed by atoms with Gasteiger partial charge in [0, 0.05) is 5.56 Å². The van der Waals surface area contributed by atoms with Gasteiger partial charge in [0.2, 0.25) is 0 Å². The molecule has 0 fully saturated rings. The zero-order chi connectivity index (χ0) is 15.7. The Morgan fingerprint density at radius 2 is 1.68 bits per heavy atom. The molecule has 2 N–H and O–H groups in total. The smallest absolute Gasteiger partial charge is 0.153 e. The molecular formula is C17H18O5. The third-order valence-electron chi connectivity index (χ3n) is 3.85. The van der Waals surface area contributed by atoms with Crippen molar-refractivity contribution < 1.29 is 24.4 Å². The molecule has 0 aliphatic carbocycles. The van der Waals surface area contributed by atoms with E-state index in [1.165, 1.54) is 0 Å². The lowest BCUT2D eigenvalue weighted by molar-refractivity contribution is -0.0701. The monoisotopic (exact) mass is 302 g/mol. The topological polar surface area (TPSA) is 68.2 Å². The number of methoxy groups -OCH3 is 2. The summed E-state index contributed by atoms with van der Waals surface area (Å²) >= 11 is 0. The number of aliphatic hydroxyl groups excluding tert-OH is 2. The van der Waals surface area contributed by atoms with Crippen molar-refractivity contribution in [1.29, 1.82) is 0 Å². The fourth-order valence-corrected chi connectivity index (χ4v) is 2.63. The SMILES string of the molecule is COc1cccc([C@@H]2Oc3ccc(OC)cc3[C@H](O)[C@@H]2O)c1. The van der Waals surface area contributed by atoms with E-state index in [2.05, 4.69) is 0 Å². The van der Waals surface area contributed by atoms with E-state index in [1.807, 2.05) is 18.2 Å². The van der Waals surface area contributed by atoms with Crippen LogP contribution < -0.4 is 14.2 Å². The third-order valence-corrected chi connectivity index (χ3v) is 3.85. The van der Waals surface area contributed by atoms with Gasteiger partial charge < -0.3 is 24.4 Å². The first-order valence-corrected chi connectivity index (χ1v) is 6.98. The van der Waals surface area contributed by atoms with Crippen LogP contribution in [0.1, 0.15) is 23.3 Å². The molecule has 5 nitrogen and oxygen atoms in total. The van der Waals surface area contributed by atoms with Crippen molar-refractivity contribution in [1.82, 2.24) is 0 Å². The largest absolute Gasteiger partial charge is 0.497 e. The standard InChI is InChI=1S/C17H18O5/c1-20-11-5-3-4-10(8-11)17-16(19)15(18)13-9-12(21-2)6-7-14(13)22-17/h3-9,15-19H,1-2H3/t15-,16-,17-/m0/s1. The molecule has 3 rings (SSSR count). The normalized spacial score (nSPS) is 23.4. The summed E-state index contributed by atoms with van der Waals surface area (Å²) in [6, 6.07) is 12.4. The number of rotatable bonds is 3. The van der Waals surface area contributed by atoms with Crippen LogP contribution in [-0.4, -0.2) is 30.5 Å². The summed E-state index contributed by atoms with van der Waals surface area (Å²) in [4.78, 5) is 0. The second-order valence-corrected chi connectivity index (χ2v) is 5.15. The lowest BCUT2D eigenvalue weighted by Crippen LogP contribution is -2.34. The van der Waals surface area contributed by atoms with Crippen LogP contribution in [0.5, 0.6) is 17.2 Å². The van der Waals surface area contributed by atoms with Crippen LogP contribution in [-0.2, 0) is 0 Å². The minimum Gasteiger partial charge on any atom is -0.497 e. The molecule has 2 aromatic carbocycles. The van der Waals surface area contributed by atoms with Gasteiger partial charge in [-0.15, -0.1) is 0 Å². The maximum atomic E-state index is 10.4. The van der Waals surface area contributed by atoms with E-state index in [4.69, 9.17) is 14.2 Å². The highest BCUT2D eigenvalue weighted by molar-refractivity contribution is 5.45. The summed E-state index contributed by atoms with van der Waals surface area (Å²) in [5, 5.41) is 20.8. The van der Waals surface area contributed by atoms with Crippen molar-refractivity contribution in [2.24, 2.45) is 0 Å². The van der Waals surface area contributed by atoms with Crippen LogP contribution in [0.4, 0.5) is 0 Å². The molecule has 0 amide bonds. The number of fused-ring (bicyclic) bond motifs is 1. The Kier molecular flexibility index (Phi) is 3.92. The van der Waals surface area contributed by atoms with E-state index in [1.54, 1.807) is 38.5 Å². The van der Waals surface area contributed by atoms with Crippen molar-refractivity contribution in [3.05, 3.63) is 53.6 Å². The fourth-order valence-electron chi connectivity index (χ4n) is 2.63. The Balaban J connectivity index is 1.98. The van der Waals surface area contributed by atoms with Gasteiger partial charge in [0.1, 0.15) is 29.5 Å². The van der Waals surface area contributed by atoms with Crippen molar-refractivity contribution >= 4 is 0 Å². The summed E-state index contributed by atoms with van der Waals surface area (Å²) in [5.41, 5.74) is 1.26. The molecule has 1 aliphatic rings. The van der Waals surface area contributed by atoms with Crippen LogP contribution in [0.3, 0.4) is 0 Å². The first-order chi connectivity index (χ1) is 10.6. The van der Waals surface area contributed by atoms with E-state index in [0.717, 1.165) is 5.56 Å². The van der Waals surface area contributed by atoms with E-state index >= 15 is 0 Å². The molecular weight excluding hydrogens is 284 g/mol. The maximum Gasteiger partial charge on any atom is 0.153 e. The lowest BCUT2D eigenvalue weighted by Gasteiger charge is -2.34. The molecule has 0 aromatic heterocycles. The molecule has 1 aliphatic heterocycles. The Labute approximate surface area is 128 Å². The Hall–Kier alpha value is -2.24. The van der Waals surface area contributed by atoms with Gasteiger partial charge in [0.05, 0.1) is 14.2 Å². The molecule has 116 valence electrons. The quantitative estimate of drug-likeness (QED) is 0.910. The zero-order valence-corrected chi connectivity index (χ0v) is 12.4. The highest BCUT2D eigenvalue weighted by Crippen LogP contribution is 2.42. The van der Waals surface area contributed by atoms with Crippen LogP contribution in [0.25, 0.3) is 0 Å². The van der Waals surface area contributed by atoms with Crippen molar-refractivity contribution in [3.63, 3.8) is 0 Å². The Morgan fingerprint density at radius 3 is 2.41 bits per heavy atom. The van der Waals surface area contributed by atoms with Gasteiger partial charge >= 0.3 is 0 Å². The molecule has 22 heavy (non-hydrogen) atoms. The average molecular weight is 302 g/mol. The minimum absolute atomic E-state index is 0.519. The highest BCUT2D eigenvalue weighted by Gasteiger charge is 2.37. The summed E-state index contributed by atoms with van der Waals surface area (Å²) in [5.74, 6) is 1.81. The van der Waals surface area contributed by atoms with Gasteiger partial charge in [-0.3, -0.25) is 0 Å². The first-order valence-electron chi connectivity index (χ1n) is 6.98. The molecule has 0 unspecified atom stereocenters. The molecule has 3 atom stereocenters. The van der Waals surface area contributed by atoms with Gasteiger partial charge in [-0.05, 0) is 35.9 Å². The van der Waals surface area contributed by atoms with Gasteiger partial charge in [0.15, 0.2) is 6.10 Å². The predicted octanol–water partition coefficient (Wildman–Crippen LogP) is 2.23. The number of hydrogen-bond acceptors (Lipinski definition) is 5. The van der Waals surface area contributed by atoms with Crippen LogP contribution in [0, 0.1) is 0 Å². The van der Waals surface area contributed by atoms with Gasteiger partial charge in [-0.1, -0.05) is 12.1 Å². The summed E-state index contributed by atoms with van der Waals surface area (Å²) in [7, 11) is 3.13. The molecule has 0 saturated carbocycles. The molecule has 0 radical (unpaired) electrons. The van der Waals surface area contributed by atoms with Crippen molar-refractivity contribution in [3.8, 4) is 17.2 Å². The van der Waals surface area contributed by atoms with Gasteiger partial charge in [0.25, 0.3) is 0 Å². The second-order valence-electron chi connectivity index (χ2n) is 5.15. The number of ether oxygens (including phenoxy) is 3. The van der Waals surface area contributed by atoms with Crippen molar-refractivity contribution in [2.75, 3.05) is 14.2 Å². The van der Waals surface area contributed by atoms with Crippen LogP contribution in [0.2, 0.25) is 0 Å². The maximum absolute atomic E-state index is 10.4. The first kappa shape index (κ1) is 14.7. The van der Waals surface area contributed by atoms with Crippen molar-refractivity contribution in [2.45, 2.75) is 18.3 Å². The molecule has 2 aromatic rings. The number of hydrogen-bond donors (Lipinski definition) is 2. The predicted molar refractivity (Wildman–Crippen MR) is 80.3 cm³/mol. The van der Waals surface area contributed by atoms with Crippen LogP contribution >= 0.6 is 0 Å². The Bertz CT molecular complexity index is 670. The lowest BCUT2D eigenvalue weighted by atomic mass is 9.92. The minimum atomic E-state index is -1.08. The van der Waals surface area contributed by atoms with E-state index in [0.29, 0.717) is 22.8 Å². The van der Waals surface area contributed by atoms with Crippen LogP contribution in [0.15, 0.2) is 42.5 Å². The fraction of sp³-hybridized carbons (Fsp3) is 0.294. The molecule has 5 heteroatoms. The summed E-state index contributed by atoms with van der Waals surface area (Å²) in [6.07, 6.45) is -2.78. The van der Waals surface area contributed by atoms with Gasteiger partial charge in [-0.25, -0.2) is 0 Å². The molecule has 0 bridgehead atoms. The van der Waals surface area contributed by atoms with E-state index in [-0.39, 0.29) is 0 Å². The average Bonchev–Trinajstić information content (AvgIpc) is 2.57. The zero-order valence-electron chi connectivity index (χ0n) is 12.4. The van der Waals surface area contributed by atoms with E-state index < -0.39 is 18.3 Å². The van der Waals surface area contributed by atoms with E-state index in [9.17, 15) is 10.2 Å². The summed E-state index contributed by atoms with van der Waals surface area (Å²) in [6.45, 7) is 0. The second kappa shape index (κ2) is 5.87. The molecule has 0 spiro atoms. The number of benzene rings is 2. The number of aliphatic hydroxyl groups is 2. The molecule has 0 saturated heterocycles. The summed E-state index contributed by atoms with van der Waals surface area (Å²) < 4.78 is 16.2. The van der Waals surface area contributed by atoms with Gasteiger partial charge in [-0.2, -0.15) is 0 Å². The Morgan fingerprint density at radius 1 is 0.955 bits per heavy atom.